The van der Waals surface area contributed by atoms with E-state index in [0.29, 0.717) is 0 Å². The smallest absolute Gasteiger partial charge is 0.230 e. The zero-order valence-corrected chi connectivity index (χ0v) is 16.8. The minimum absolute atomic E-state index is 0.194. The molecule has 1 fully saturated rings. The number of carbonyl (C=O) groups is 1. The van der Waals surface area contributed by atoms with Crippen LogP contribution in [-0.2, 0) is 18.3 Å². The van der Waals surface area contributed by atoms with Crippen LogP contribution < -0.4 is 9.64 Å². The lowest BCUT2D eigenvalue weighted by Gasteiger charge is -2.36. The Labute approximate surface area is 170 Å². The number of carbonyl (C=O) groups excluding carboxylic acids is 1. The van der Waals surface area contributed by atoms with Gasteiger partial charge in [-0.05, 0) is 56.9 Å². The summed E-state index contributed by atoms with van der Waals surface area (Å²) in [6.07, 6.45) is 7.71. The summed E-state index contributed by atoms with van der Waals surface area (Å²) in [5, 5.41) is 4.34. The SMILES string of the molecule is CC1CCc2c(ccc(-c3cnn(C)c3)c2Oc2ccccc2)N1C(=O)C1CC1. The molecule has 1 aromatic heterocycles. The lowest BCUT2D eigenvalue weighted by Crippen LogP contribution is -2.43. The molecule has 1 amide bonds. The van der Waals surface area contributed by atoms with Crippen molar-refractivity contribution in [2.45, 2.75) is 38.6 Å². The van der Waals surface area contributed by atoms with E-state index in [0.717, 1.165) is 59.6 Å². The lowest BCUT2D eigenvalue weighted by molar-refractivity contribution is -0.120. The van der Waals surface area contributed by atoms with E-state index in [9.17, 15) is 4.79 Å². The fraction of sp³-hybridized carbons (Fsp3) is 0.333. The van der Waals surface area contributed by atoms with Crippen molar-refractivity contribution < 1.29 is 9.53 Å². The Kier molecular flexibility index (Phi) is 4.38. The van der Waals surface area contributed by atoms with Crippen LogP contribution in [0, 0.1) is 5.92 Å². The summed E-state index contributed by atoms with van der Waals surface area (Å²) in [5.41, 5.74) is 4.13. The molecular weight excluding hydrogens is 362 g/mol. The zero-order chi connectivity index (χ0) is 20.0. The summed E-state index contributed by atoms with van der Waals surface area (Å²) in [6, 6.07) is 14.2. The molecule has 1 aliphatic heterocycles. The molecule has 5 nitrogen and oxygen atoms in total. The van der Waals surface area contributed by atoms with E-state index in [1.165, 1.54) is 0 Å². The maximum Gasteiger partial charge on any atom is 0.230 e. The number of hydrogen-bond donors (Lipinski definition) is 0. The van der Waals surface area contributed by atoms with Gasteiger partial charge in [0.25, 0.3) is 0 Å². The molecule has 5 heteroatoms. The molecule has 5 rings (SSSR count). The summed E-state index contributed by atoms with van der Waals surface area (Å²) in [7, 11) is 1.91. The van der Waals surface area contributed by atoms with Crippen molar-refractivity contribution in [2.24, 2.45) is 13.0 Å². The highest BCUT2D eigenvalue weighted by Gasteiger charge is 2.39. The summed E-state index contributed by atoms with van der Waals surface area (Å²) >= 11 is 0. The molecule has 148 valence electrons. The van der Waals surface area contributed by atoms with E-state index in [-0.39, 0.29) is 17.9 Å². The van der Waals surface area contributed by atoms with Crippen molar-refractivity contribution in [1.29, 1.82) is 0 Å². The zero-order valence-electron chi connectivity index (χ0n) is 16.8. The number of para-hydroxylation sites is 1. The van der Waals surface area contributed by atoms with E-state index in [2.05, 4.69) is 24.2 Å². The highest BCUT2D eigenvalue weighted by atomic mass is 16.5. The minimum atomic E-state index is 0.194. The maximum atomic E-state index is 13.0. The number of ether oxygens (including phenoxy) is 1. The molecular formula is C24H25N3O2. The topological polar surface area (TPSA) is 47.4 Å². The molecule has 0 bridgehead atoms. The van der Waals surface area contributed by atoms with Crippen molar-refractivity contribution in [3.05, 3.63) is 60.4 Å². The van der Waals surface area contributed by atoms with Crippen LogP contribution in [0.5, 0.6) is 11.5 Å². The van der Waals surface area contributed by atoms with Crippen molar-refractivity contribution >= 4 is 11.6 Å². The van der Waals surface area contributed by atoms with Crippen molar-refractivity contribution in [2.75, 3.05) is 4.90 Å². The number of benzene rings is 2. The Morgan fingerprint density at radius 2 is 1.90 bits per heavy atom. The van der Waals surface area contributed by atoms with Gasteiger partial charge in [-0.1, -0.05) is 18.2 Å². The van der Waals surface area contributed by atoms with Crippen LogP contribution >= 0.6 is 0 Å². The number of nitrogens with zero attached hydrogens (tertiary/aromatic N) is 3. The van der Waals surface area contributed by atoms with E-state index in [1.807, 2.05) is 54.7 Å². The first-order chi connectivity index (χ1) is 14.1. The Hall–Kier alpha value is -3.08. The molecule has 1 atom stereocenters. The average Bonchev–Trinajstić information content (AvgIpc) is 3.49. The van der Waals surface area contributed by atoms with Gasteiger partial charge in [0.2, 0.25) is 5.91 Å². The predicted molar refractivity (Wildman–Crippen MR) is 113 cm³/mol. The monoisotopic (exact) mass is 387 g/mol. The van der Waals surface area contributed by atoms with Gasteiger partial charge in [-0.15, -0.1) is 0 Å². The molecule has 0 spiro atoms. The fourth-order valence-electron chi connectivity index (χ4n) is 4.18. The molecule has 2 aromatic carbocycles. The number of amides is 1. The second-order valence-electron chi connectivity index (χ2n) is 8.13. The lowest BCUT2D eigenvalue weighted by atomic mass is 9.92. The van der Waals surface area contributed by atoms with Gasteiger partial charge < -0.3 is 9.64 Å². The standard InChI is InChI=1S/C24H25N3O2/c1-16-8-11-21-22(27(16)24(28)17-9-10-17)13-12-20(18-14-25-26(2)15-18)23(21)29-19-6-4-3-5-7-19/h3-7,12-17H,8-11H2,1-2H3. The average molecular weight is 387 g/mol. The second-order valence-corrected chi connectivity index (χ2v) is 8.13. The normalized spacial score (nSPS) is 18.4. The Bertz CT molecular complexity index is 1050. The predicted octanol–water partition coefficient (Wildman–Crippen LogP) is 4.96. The van der Waals surface area contributed by atoms with Crippen molar-refractivity contribution in [3.8, 4) is 22.6 Å². The van der Waals surface area contributed by atoms with E-state index in [4.69, 9.17) is 4.74 Å². The van der Waals surface area contributed by atoms with Gasteiger partial charge in [0, 0.05) is 41.9 Å². The Morgan fingerprint density at radius 3 is 2.59 bits per heavy atom. The highest BCUT2D eigenvalue weighted by Crippen LogP contribution is 2.46. The first kappa shape index (κ1) is 18.0. The summed E-state index contributed by atoms with van der Waals surface area (Å²) in [6.45, 7) is 2.15. The van der Waals surface area contributed by atoms with E-state index < -0.39 is 0 Å². The first-order valence-electron chi connectivity index (χ1n) is 10.3. The maximum absolute atomic E-state index is 13.0. The molecule has 29 heavy (non-hydrogen) atoms. The molecule has 0 radical (unpaired) electrons. The van der Waals surface area contributed by atoms with Crippen LogP contribution in [0.4, 0.5) is 5.69 Å². The second kappa shape index (κ2) is 7.07. The summed E-state index contributed by atoms with van der Waals surface area (Å²) in [4.78, 5) is 15.0. The van der Waals surface area contributed by atoms with Crippen molar-refractivity contribution in [3.63, 3.8) is 0 Å². The third-order valence-corrected chi connectivity index (χ3v) is 5.89. The van der Waals surface area contributed by atoms with Gasteiger partial charge in [-0.25, -0.2) is 0 Å². The molecule has 2 aliphatic rings. The molecule has 3 aromatic rings. The third kappa shape index (κ3) is 3.31. The first-order valence-corrected chi connectivity index (χ1v) is 10.3. The van der Waals surface area contributed by atoms with Crippen LogP contribution in [0.3, 0.4) is 0 Å². The van der Waals surface area contributed by atoms with Gasteiger partial charge in [-0.3, -0.25) is 9.48 Å². The van der Waals surface area contributed by atoms with Crippen LogP contribution in [0.2, 0.25) is 0 Å². The minimum Gasteiger partial charge on any atom is -0.456 e. The number of anilines is 1. The number of fused-ring (bicyclic) bond motifs is 1. The quantitative estimate of drug-likeness (QED) is 0.636. The fourth-order valence-corrected chi connectivity index (χ4v) is 4.18. The van der Waals surface area contributed by atoms with Gasteiger partial charge in [0.15, 0.2) is 0 Å². The number of aryl methyl sites for hydroxylation is 1. The molecule has 1 saturated carbocycles. The molecule has 0 saturated heterocycles. The number of rotatable bonds is 4. The van der Waals surface area contributed by atoms with Gasteiger partial charge >= 0.3 is 0 Å². The van der Waals surface area contributed by atoms with Gasteiger partial charge in [0.1, 0.15) is 11.5 Å². The van der Waals surface area contributed by atoms with Crippen LogP contribution in [-0.4, -0.2) is 21.7 Å². The van der Waals surface area contributed by atoms with Gasteiger partial charge in [-0.2, -0.15) is 5.10 Å². The number of aromatic nitrogens is 2. The van der Waals surface area contributed by atoms with Crippen molar-refractivity contribution in [1.82, 2.24) is 9.78 Å². The van der Waals surface area contributed by atoms with Gasteiger partial charge in [0.05, 0.1) is 11.9 Å². The van der Waals surface area contributed by atoms with Crippen LogP contribution in [0.15, 0.2) is 54.9 Å². The number of hydrogen-bond acceptors (Lipinski definition) is 3. The molecule has 0 N–H and O–H groups in total. The van der Waals surface area contributed by atoms with E-state index in [1.54, 1.807) is 4.68 Å². The summed E-state index contributed by atoms with van der Waals surface area (Å²) < 4.78 is 8.23. The molecule has 2 heterocycles. The van der Waals surface area contributed by atoms with Crippen LogP contribution in [0.1, 0.15) is 31.7 Å². The molecule has 1 unspecified atom stereocenters. The third-order valence-electron chi connectivity index (χ3n) is 5.89. The van der Waals surface area contributed by atoms with E-state index >= 15 is 0 Å². The largest absolute Gasteiger partial charge is 0.456 e. The van der Waals surface area contributed by atoms with Crippen LogP contribution in [0.25, 0.3) is 11.1 Å². The summed E-state index contributed by atoms with van der Waals surface area (Å²) in [5.74, 6) is 2.09. The Morgan fingerprint density at radius 1 is 1.10 bits per heavy atom. The Balaban J connectivity index is 1.65. The highest BCUT2D eigenvalue weighted by molar-refractivity contribution is 5.99. The molecule has 1 aliphatic carbocycles.